The lowest BCUT2D eigenvalue weighted by atomic mass is 10.3. The van der Waals surface area contributed by atoms with Gasteiger partial charge in [-0.15, -0.1) is 0 Å². The lowest BCUT2D eigenvalue weighted by Gasteiger charge is -2.09. The van der Waals surface area contributed by atoms with Crippen LogP contribution < -0.4 is 20.1 Å². The number of amides is 2. The van der Waals surface area contributed by atoms with Crippen LogP contribution in [0.15, 0.2) is 42.9 Å². The maximum Gasteiger partial charge on any atom is 0.319 e. The van der Waals surface area contributed by atoms with Crippen molar-refractivity contribution in [2.75, 3.05) is 18.7 Å². The zero-order valence-corrected chi connectivity index (χ0v) is 12.2. The molecule has 1 aromatic carbocycles. The van der Waals surface area contributed by atoms with Gasteiger partial charge < -0.3 is 24.7 Å². The summed E-state index contributed by atoms with van der Waals surface area (Å²) in [5, 5.41) is 9.73. The summed E-state index contributed by atoms with van der Waals surface area (Å²) in [6.07, 6.45) is 5.55. The fourth-order valence-electron chi connectivity index (χ4n) is 2.50. The van der Waals surface area contributed by atoms with Crippen molar-refractivity contribution in [3.63, 3.8) is 0 Å². The Morgan fingerprint density at radius 2 is 2.13 bits per heavy atom. The van der Waals surface area contributed by atoms with Crippen molar-refractivity contribution < 1.29 is 14.3 Å². The molecular formula is C15H15N5O3. The van der Waals surface area contributed by atoms with Crippen molar-refractivity contribution >= 4 is 17.4 Å². The molecule has 23 heavy (non-hydrogen) atoms. The van der Waals surface area contributed by atoms with Gasteiger partial charge in [0.2, 0.25) is 6.79 Å². The molecule has 8 nitrogen and oxygen atoms in total. The normalized spacial score (nSPS) is 12.5. The Balaban J connectivity index is 1.31. The Morgan fingerprint density at radius 3 is 3.09 bits per heavy atom. The van der Waals surface area contributed by atoms with Crippen LogP contribution in [0.3, 0.4) is 0 Å². The number of urea groups is 1. The van der Waals surface area contributed by atoms with Gasteiger partial charge in [0.25, 0.3) is 0 Å². The summed E-state index contributed by atoms with van der Waals surface area (Å²) >= 11 is 0. The number of hydrogen-bond donors (Lipinski definition) is 2. The summed E-state index contributed by atoms with van der Waals surface area (Å²) in [6.45, 7) is 1.38. The number of fused-ring (bicyclic) bond motifs is 2. The van der Waals surface area contributed by atoms with Gasteiger partial charge in [-0.05, 0) is 12.1 Å². The van der Waals surface area contributed by atoms with E-state index >= 15 is 0 Å². The van der Waals surface area contributed by atoms with E-state index in [9.17, 15) is 4.79 Å². The van der Waals surface area contributed by atoms with Crippen LogP contribution >= 0.6 is 0 Å². The first-order valence-corrected chi connectivity index (χ1v) is 7.22. The molecule has 2 N–H and O–H groups in total. The second-order valence-corrected chi connectivity index (χ2v) is 5.07. The van der Waals surface area contributed by atoms with Crippen molar-refractivity contribution in [3.8, 4) is 11.5 Å². The molecule has 3 heterocycles. The summed E-state index contributed by atoms with van der Waals surface area (Å²) in [5.41, 5.74) is 1.65. The van der Waals surface area contributed by atoms with Crippen LogP contribution in [0.2, 0.25) is 0 Å². The zero-order chi connectivity index (χ0) is 15.6. The van der Waals surface area contributed by atoms with E-state index in [-0.39, 0.29) is 12.8 Å². The van der Waals surface area contributed by atoms with Gasteiger partial charge in [-0.3, -0.25) is 0 Å². The lowest BCUT2D eigenvalue weighted by molar-refractivity contribution is 0.174. The van der Waals surface area contributed by atoms with Gasteiger partial charge in [0.05, 0.1) is 6.20 Å². The summed E-state index contributed by atoms with van der Waals surface area (Å²) in [6, 6.07) is 6.94. The van der Waals surface area contributed by atoms with E-state index in [1.165, 1.54) is 0 Å². The third-order valence-corrected chi connectivity index (χ3v) is 3.60. The number of hydrogen-bond acceptors (Lipinski definition) is 4. The molecule has 0 fully saturated rings. The van der Waals surface area contributed by atoms with E-state index in [4.69, 9.17) is 9.47 Å². The summed E-state index contributed by atoms with van der Waals surface area (Å²) in [7, 11) is 0. The Morgan fingerprint density at radius 1 is 1.22 bits per heavy atom. The predicted octanol–water partition coefficient (Wildman–Crippen LogP) is 1.69. The third kappa shape index (κ3) is 2.66. The maximum atomic E-state index is 11.9. The minimum absolute atomic E-state index is 0.213. The fraction of sp³-hybridized carbons (Fsp3) is 0.200. The minimum atomic E-state index is -0.263. The van der Waals surface area contributed by atoms with Crippen LogP contribution in [0, 0.1) is 0 Å². The Hall–Kier alpha value is -3.16. The molecule has 1 aliphatic rings. The van der Waals surface area contributed by atoms with Gasteiger partial charge in [-0.1, -0.05) is 0 Å². The molecule has 2 aromatic heterocycles. The first-order valence-electron chi connectivity index (χ1n) is 7.22. The van der Waals surface area contributed by atoms with E-state index in [1.807, 2.05) is 23.0 Å². The van der Waals surface area contributed by atoms with Crippen LogP contribution in [0.4, 0.5) is 10.5 Å². The monoisotopic (exact) mass is 313 g/mol. The second kappa shape index (κ2) is 5.56. The largest absolute Gasteiger partial charge is 0.454 e. The average molecular weight is 313 g/mol. The molecule has 0 aliphatic carbocycles. The number of benzene rings is 1. The van der Waals surface area contributed by atoms with Gasteiger partial charge in [0.1, 0.15) is 5.65 Å². The van der Waals surface area contributed by atoms with E-state index in [0.29, 0.717) is 30.3 Å². The number of imidazole rings is 1. The highest BCUT2D eigenvalue weighted by atomic mass is 16.7. The molecule has 8 heteroatoms. The topological polar surface area (TPSA) is 81.8 Å². The van der Waals surface area contributed by atoms with Crippen LogP contribution in [-0.2, 0) is 6.54 Å². The van der Waals surface area contributed by atoms with Gasteiger partial charge in [-0.25, -0.2) is 9.31 Å². The number of carbonyl (C=O) groups excluding carboxylic acids is 1. The maximum absolute atomic E-state index is 11.9. The highest BCUT2D eigenvalue weighted by Crippen LogP contribution is 2.34. The van der Waals surface area contributed by atoms with Crippen LogP contribution in [0.25, 0.3) is 5.65 Å². The minimum Gasteiger partial charge on any atom is -0.454 e. The smallest absolute Gasteiger partial charge is 0.319 e. The Labute approximate surface area is 131 Å². The summed E-state index contributed by atoms with van der Waals surface area (Å²) in [4.78, 5) is 11.9. The Bertz CT molecular complexity index is 854. The standard InChI is InChI=1S/C15H15N5O3/c21-15(18-11-1-2-12-13(9-11)23-10-22-12)16-5-6-19-7-8-20-14(19)3-4-17-20/h1-4,7-9H,5-6,10H2,(H2,16,18,21). The van der Waals surface area contributed by atoms with E-state index < -0.39 is 0 Å². The summed E-state index contributed by atoms with van der Waals surface area (Å²) in [5.74, 6) is 1.33. The summed E-state index contributed by atoms with van der Waals surface area (Å²) < 4.78 is 14.3. The highest BCUT2D eigenvalue weighted by Gasteiger charge is 2.14. The Kier molecular flexibility index (Phi) is 3.26. The number of nitrogens with zero attached hydrogens (tertiary/aromatic N) is 3. The number of carbonyl (C=O) groups is 1. The zero-order valence-electron chi connectivity index (χ0n) is 12.2. The van der Waals surface area contributed by atoms with E-state index in [2.05, 4.69) is 15.7 Å². The molecule has 0 bridgehead atoms. The van der Waals surface area contributed by atoms with Crippen LogP contribution in [0.1, 0.15) is 0 Å². The molecular weight excluding hydrogens is 298 g/mol. The number of ether oxygens (including phenoxy) is 2. The second-order valence-electron chi connectivity index (χ2n) is 5.07. The molecule has 0 unspecified atom stereocenters. The quantitative estimate of drug-likeness (QED) is 0.768. The van der Waals surface area contributed by atoms with Crippen molar-refractivity contribution in [1.82, 2.24) is 19.5 Å². The molecule has 0 spiro atoms. The van der Waals surface area contributed by atoms with Crippen molar-refractivity contribution in [3.05, 3.63) is 42.9 Å². The number of rotatable bonds is 4. The van der Waals surface area contributed by atoms with Crippen LogP contribution in [0.5, 0.6) is 11.5 Å². The van der Waals surface area contributed by atoms with Crippen molar-refractivity contribution in [2.24, 2.45) is 0 Å². The first-order chi connectivity index (χ1) is 11.3. The van der Waals surface area contributed by atoms with Crippen molar-refractivity contribution in [2.45, 2.75) is 6.54 Å². The molecule has 0 atom stereocenters. The van der Waals surface area contributed by atoms with Gasteiger partial charge in [-0.2, -0.15) is 5.10 Å². The molecule has 0 saturated carbocycles. The highest BCUT2D eigenvalue weighted by molar-refractivity contribution is 5.89. The predicted molar refractivity (Wildman–Crippen MR) is 82.8 cm³/mol. The molecule has 118 valence electrons. The number of anilines is 1. The molecule has 1 aliphatic heterocycles. The fourth-order valence-corrected chi connectivity index (χ4v) is 2.50. The van der Waals surface area contributed by atoms with E-state index in [0.717, 1.165) is 5.65 Å². The van der Waals surface area contributed by atoms with Gasteiger partial charge in [0, 0.05) is 43.3 Å². The average Bonchev–Trinajstić information content (AvgIpc) is 3.23. The van der Waals surface area contributed by atoms with Crippen LogP contribution in [-0.4, -0.2) is 33.5 Å². The van der Waals surface area contributed by atoms with Gasteiger partial charge >= 0.3 is 6.03 Å². The molecule has 0 saturated heterocycles. The molecule has 2 amide bonds. The SMILES string of the molecule is O=C(NCCn1ccn2nccc12)Nc1ccc2c(c1)OCO2. The first kappa shape index (κ1) is 13.5. The molecule has 0 radical (unpaired) electrons. The lowest BCUT2D eigenvalue weighted by Crippen LogP contribution is -2.31. The van der Waals surface area contributed by atoms with Gasteiger partial charge in [0.15, 0.2) is 11.5 Å². The number of nitrogens with one attached hydrogen (secondary N) is 2. The third-order valence-electron chi connectivity index (χ3n) is 3.60. The van der Waals surface area contributed by atoms with E-state index in [1.54, 1.807) is 28.9 Å². The molecule has 4 rings (SSSR count). The molecule has 3 aromatic rings. The van der Waals surface area contributed by atoms with Crippen molar-refractivity contribution in [1.29, 1.82) is 0 Å². The number of aromatic nitrogens is 3.